The Bertz CT molecular complexity index is 1300. The first-order valence-electron chi connectivity index (χ1n) is 9.95. The van der Waals surface area contributed by atoms with E-state index < -0.39 is 0 Å². The molecule has 0 aliphatic carbocycles. The van der Waals surface area contributed by atoms with Gasteiger partial charge in [0.25, 0.3) is 0 Å². The maximum Gasteiger partial charge on any atom is 0.128 e. The summed E-state index contributed by atoms with van der Waals surface area (Å²) in [4.78, 5) is 0. The Morgan fingerprint density at radius 3 is 2.47 bits per heavy atom. The number of ether oxygens (including phenoxy) is 1. The SMILES string of the molecule is CCOc1ccc2c(c1)c1nnc(-c3ccccc3)c-1cn2Cc1ccccc1F. The van der Waals surface area contributed by atoms with E-state index in [-0.39, 0.29) is 5.82 Å². The van der Waals surface area contributed by atoms with Crippen molar-refractivity contribution in [1.82, 2.24) is 14.8 Å². The number of rotatable bonds is 5. The Kier molecular flexibility index (Phi) is 4.64. The van der Waals surface area contributed by atoms with Crippen molar-refractivity contribution in [2.45, 2.75) is 13.5 Å². The molecule has 2 aliphatic rings. The molecular formula is C25H20FN3O. The third-order valence-corrected chi connectivity index (χ3v) is 5.23. The number of pyridine rings is 1. The van der Waals surface area contributed by atoms with Crippen LogP contribution in [0.1, 0.15) is 12.5 Å². The molecule has 0 amide bonds. The predicted molar refractivity (Wildman–Crippen MR) is 116 cm³/mol. The molecule has 0 atom stereocenters. The molecule has 0 saturated heterocycles. The van der Waals surface area contributed by atoms with Crippen molar-refractivity contribution >= 4 is 10.9 Å². The highest BCUT2D eigenvalue weighted by molar-refractivity contribution is 5.98. The zero-order valence-electron chi connectivity index (χ0n) is 16.5. The fraction of sp³-hybridized carbons (Fsp3) is 0.120. The largest absolute Gasteiger partial charge is 0.494 e. The number of hydrogen-bond donors (Lipinski definition) is 0. The second-order valence-electron chi connectivity index (χ2n) is 7.14. The molecule has 2 aliphatic heterocycles. The van der Waals surface area contributed by atoms with Gasteiger partial charge in [0.2, 0.25) is 0 Å². The summed E-state index contributed by atoms with van der Waals surface area (Å²) in [5, 5.41) is 9.91. The molecule has 0 aromatic heterocycles. The summed E-state index contributed by atoms with van der Waals surface area (Å²) < 4.78 is 22.2. The van der Waals surface area contributed by atoms with Crippen molar-refractivity contribution in [3.63, 3.8) is 0 Å². The van der Waals surface area contributed by atoms with Crippen LogP contribution in [0.3, 0.4) is 0 Å². The summed E-state index contributed by atoms with van der Waals surface area (Å²) >= 11 is 0. The van der Waals surface area contributed by atoms with E-state index in [0.717, 1.165) is 39.2 Å². The number of nitrogens with zero attached hydrogens (tertiary/aromatic N) is 3. The lowest BCUT2D eigenvalue weighted by Crippen LogP contribution is -2.06. The van der Waals surface area contributed by atoms with E-state index in [9.17, 15) is 4.39 Å². The van der Waals surface area contributed by atoms with E-state index >= 15 is 0 Å². The van der Waals surface area contributed by atoms with E-state index in [4.69, 9.17) is 4.74 Å². The third kappa shape index (κ3) is 3.18. The number of hydrogen-bond acceptors (Lipinski definition) is 3. The van der Waals surface area contributed by atoms with Gasteiger partial charge in [0.15, 0.2) is 0 Å². The lowest BCUT2D eigenvalue weighted by atomic mass is 10.0. The van der Waals surface area contributed by atoms with E-state index in [1.54, 1.807) is 6.07 Å². The summed E-state index contributed by atoms with van der Waals surface area (Å²) in [5.74, 6) is 0.561. The molecule has 0 saturated carbocycles. The van der Waals surface area contributed by atoms with Crippen LogP contribution in [-0.4, -0.2) is 21.4 Å². The van der Waals surface area contributed by atoms with Crippen LogP contribution in [0, 0.1) is 5.82 Å². The van der Waals surface area contributed by atoms with Crippen molar-refractivity contribution in [1.29, 1.82) is 0 Å². The first-order valence-corrected chi connectivity index (χ1v) is 9.95. The van der Waals surface area contributed by atoms with Gasteiger partial charge < -0.3 is 9.30 Å². The van der Waals surface area contributed by atoms with Crippen LogP contribution < -0.4 is 4.74 Å². The van der Waals surface area contributed by atoms with Crippen LogP contribution in [0.2, 0.25) is 0 Å². The summed E-state index contributed by atoms with van der Waals surface area (Å²) in [7, 11) is 0. The third-order valence-electron chi connectivity index (χ3n) is 5.23. The minimum absolute atomic E-state index is 0.216. The van der Waals surface area contributed by atoms with Crippen molar-refractivity contribution in [2.75, 3.05) is 6.61 Å². The standard InChI is InChI=1S/C25H20FN3O/c1-2-30-19-12-13-23-20(14-19)25-21(24(27-28-25)17-8-4-3-5-9-17)16-29(23)15-18-10-6-7-11-22(18)26/h3-14,16H,2,15H2,1H3. The molecule has 0 spiro atoms. The van der Waals surface area contributed by atoms with Crippen LogP contribution in [-0.2, 0) is 6.54 Å². The molecular weight excluding hydrogens is 377 g/mol. The fourth-order valence-electron chi connectivity index (χ4n) is 3.83. The average Bonchev–Trinajstić information content (AvgIpc) is 3.20. The highest BCUT2D eigenvalue weighted by atomic mass is 19.1. The van der Waals surface area contributed by atoms with E-state index in [0.29, 0.717) is 18.7 Å². The molecule has 0 radical (unpaired) electrons. The van der Waals surface area contributed by atoms with Crippen molar-refractivity contribution in [3.8, 4) is 28.3 Å². The Hall–Kier alpha value is -3.73. The van der Waals surface area contributed by atoms with Gasteiger partial charge in [-0.2, -0.15) is 0 Å². The number of halogens is 1. The molecule has 2 heterocycles. The molecule has 4 nitrogen and oxygen atoms in total. The van der Waals surface area contributed by atoms with Crippen molar-refractivity contribution in [3.05, 3.63) is 90.4 Å². The summed E-state index contributed by atoms with van der Waals surface area (Å²) in [6.07, 6.45) is 2.02. The molecule has 0 fully saturated rings. The molecule has 0 bridgehead atoms. The summed E-state index contributed by atoms with van der Waals surface area (Å²) in [6, 6.07) is 22.8. The molecule has 0 N–H and O–H groups in total. The Labute approximate surface area is 173 Å². The molecule has 5 rings (SSSR count). The number of fused-ring (bicyclic) bond motifs is 3. The smallest absolute Gasteiger partial charge is 0.128 e. The molecule has 5 heteroatoms. The van der Waals surface area contributed by atoms with Gasteiger partial charge >= 0.3 is 0 Å². The maximum atomic E-state index is 14.4. The quantitative estimate of drug-likeness (QED) is 0.377. The highest BCUT2D eigenvalue weighted by Crippen LogP contribution is 2.38. The highest BCUT2D eigenvalue weighted by Gasteiger charge is 2.21. The minimum atomic E-state index is -0.216. The second kappa shape index (κ2) is 7.59. The first-order chi connectivity index (χ1) is 14.7. The van der Waals surface area contributed by atoms with Gasteiger partial charge in [0, 0.05) is 28.3 Å². The van der Waals surface area contributed by atoms with Gasteiger partial charge in [-0.15, -0.1) is 10.2 Å². The van der Waals surface area contributed by atoms with Crippen LogP contribution in [0.15, 0.2) is 79.0 Å². The van der Waals surface area contributed by atoms with Gasteiger partial charge in [-0.1, -0.05) is 48.5 Å². The Balaban J connectivity index is 1.75. The number of benzene rings is 3. The van der Waals surface area contributed by atoms with Crippen molar-refractivity contribution in [2.24, 2.45) is 0 Å². The minimum Gasteiger partial charge on any atom is -0.494 e. The monoisotopic (exact) mass is 397 g/mol. The lowest BCUT2D eigenvalue weighted by Gasteiger charge is -2.16. The molecule has 148 valence electrons. The molecule has 3 aromatic rings. The lowest BCUT2D eigenvalue weighted by molar-refractivity contribution is 0.340. The predicted octanol–water partition coefficient (Wildman–Crippen LogP) is 5.79. The van der Waals surface area contributed by atoms with Crippen LogP contribution in [0.25, 0.3) is 33.4 Å². The summed E-state index contributed by atoms with van der Waals surface area (Å²) in [5.41, 5.74) is 5.14. The normalized spacial score (nSPS) is 11.3. The fourth-order valence-corrected chi connectivity index (χ4v) is 3.83. The maximum absolute atomic E-state index is 14.4. The molecule has 30 heavy (non-hydrogen) atoms. The zero-order valence-corrected chi connectivity index (χ0v) is 16.5. The second-order valence-corrected chi connectivity index (χ2v) is 7.14. The zero-order chi connectivity index (χ0) is 20.5. The Morgan fingerprint density at radius 2 is 1.67 bits per heavy atom. The number of aromatic nitrogens is 3. The van der Waals surface area contributed by atoms with E-state index in [2.05, 4.69) is 14.8 Å². The van der Waals surface area contributed by atoms with Gasteiger partial charge in [-0.3, -0.25) is 0 Å². The first kappa shape index (κ1) is 18.3. The van der Waals surface area contributed by atoms with E-state index in [1.807, 2.05) is 73.8 Å². The van der Waals surface area contributed by atoms with Gasteiger partial charge in [-0.25, -0.2) is 4.39 Å². The van der Waals surface area contributed by atoms with Gasteiger partial charge in [-0.05, 0) is 31.2 Å². The molecule has 0 unspecified atom stereocenters. The topological polar surface area (TPSA) is 39.9 Å². The van der Waals surface area contributed by atoms with Gasteiger partial charge in [0.05, 0.1) is 18.7 Å². The average molecular weight is 397 g/mol. The van der Waals surface area contributed by atoms with Gasteiger partial charge in [0.1, 0.15) is 23.0 Å². The summed E-state index contributed by atoms with van der Waals surface area (Å²) in [6.45, 7) is 2.95. The van der Waals surface area contributed by atoms with Crippen LogP contribution >= 0.6 is 0 Å². The van der Waals surface area contributed by atoms with Crippen LogP contribution in [0.4, 0.5) is 4.39 Å². The Morgan fingerprint density at radius 1 is 0.900 bits per heavy atom. The van der Waals surface area contributed by atoms with E-state index in [1.165, 1.54) is 6.07 Å². The molecule has 3 aromatic carbocycles. The van der Waals surface area contributed by atoms with Crippen LogP contribution in [0.5, 0.6) is 5.75 Å². The van der Waals surface area contributed by atoms with Crippen molar-refractivity contribution < 1.29 is 9.13 Å².